The van der Waals surface area contributed by atoms with Gasteiger partial charge in [-0.15, -0.1) is 0 Å². The first-order valence-electron chi connectivity index (χ1n) is 14.7. The van der Waals surface area contributed by atoms with Crippen molar-refractivity contribution >= 4 is 79.7 Å². The van der Waals surface area contributed by atoms with Crippen LogP contribution in [0.5, 0.6) is 0 Å². The van der Waals surface area contributed by atoms with E-state index in [1.54, 1.807) is 26.0 Å². The van der Waals surface area contributed by atoms with Gasteiger partial charge >= 0.3 is 0 Å². The molecular formula is C34H34F4I2N4O6. The zero-order valence-corrected chi connectivity index (χ0v) is 31.3. The molecule has 0 atom stereocenters. The molecular weight excluding hydrogens is 890 g/mol. The van der Waals surface area contributed by atoms with E-state index in [0.717, 1.165) is 33.4 Å². The molecule has 0 aliphatic carbocycles. The summed E-state index contributed by atoms with van der Waals surface area (Å²) in [6.45, 7) is 4.96. The Balaban J connectivity index is 0.000000271. The molecule has 0 saturated heterocycles. The fraction of sp³-hybridized carbons (Fsp3) is 0.235. The second-order valence-electron chi connectivity index (χ2n) is 11.4. The Bertz CT molecular complexity index is 1820. The lowest BCUT2D eigenvalue weighted by atomic mass is 9.97. The number of hydrogen-bond donors (Lipinski definition) is 6. The lowest BCUT2D eigenvalue weighted by Crippen LogP contribution is -2.32. The van der Waals surface area contributed by atoms with Gasteiger partial charge in [-0.1, -0.05) is 13.8 Å². The van der Waals surface area contributed by atoms with Crippen molar-refractivity contribution in [3.8, 4) is 0 Å². The summed E-state index contributed by atoms with van der Waals surface area (Å²) in [4.78, 5) is 34.3. The maximum atomic E-state index is 14.0. The van der Waals surface area contributed by atoms with E-state index in [9.17, 15) is 32.3 Å². The Labute approximate surface area is 313 Å². The molecule has 0 aliphatic heterocycles. The molecule has 4 rings (SSSR count). The van der Waals surface area contributed by atoms with Crippen LogP contribution in [0.1, 0.15) is 40.1 Å². The van der Waals surface area contributed by atoms with E-state index in [1.807, 2.05) is 41.6 Å². The molecule has 0 heterocycles. The van der Waals surface area contributed by atoms with Gasteiger partial charge in [-0.2, -0.15) is 0 Å². The van der Waals surface area contributed by atoms with Gasteiger partial charge in [0.15, 0.2) is 11.6 Å². The smallest absolute Gasteiger partial charge is 0.277 e. The highest BCUT2D eigenvalue weighted by molar-refractivity contribution is 14.1. The predicted octanol–water partition coefficient (Wildman–Crippen LogP) is 7.27. The van der Waals surface area contributed by atoms with Crippen molar-refractivity contribution in [2.75, 3.05) is 37.1 Å². The summed E-state index contributed by atoms with van der Waals surface area (Å²) >= 11 is 4.13. The Morgan fingerprint density at radius 3 is 1.92 bits per heavy atom. The quantitative estimate of drug-likeness (QED) is 0.0357. The average molecular weight is 924 g/mol. The molecule has 10 nitrogen and oxygen atoms in total. The molecule has 4 aromatic rings. The van der Waals surface area contributed by atoms with Gasteiger partial charge in [0.1, 0.15) is 11.6 Å². The Morgan fingerprint density at radius 1 is 0.700 bits per heavy atom. The molecule has 4 aromatic carbocycles. The summed E-state index contributed by atoms with van der Waals surface area (Å²) in [6.07, 6.45) is 0. The molecule has 0 radical (unpaired) electrons. The summed E-state index contributed by atoms with van der Waals surface area (Å²) in [5, 5.41) is 23.5. The predicted molar refractivity (Wildman–Crippen MR) is 197 cm³/mol. The summed E-state index contributed by atoms with van der Waals surface area (Å²) in [5.74, 6) is -4.69. The number of aliphatic hydroxyl groups excluding tert-OH is 2. The molecule has 268 valence electrons. The van der Waals surface area contributed by atoms with Crippen LogP contribution in [0.25, 0.3) is 0 Å². The second kappa shape index (κ2) is 19.2. The monoisotopic (exact) mass is 924 g/mol. The molecule has 0 bridgehead atoms. The molecule has 0 unspecified atom stereocenters. The van der Waals surface area contributed by atoms with Crippen molar-refractivity contribution in [1.82, 2.24) is 11.0 Å². The van der Waals surface area contributed by atoms with Crippen molar-refractivity contribution in [1.29, 1.82) is 0 Å². The van der Waals surface area contributed by atoms with Gasteiger partial charge < -0.3 is 20.8 Å². The van der Waals surface area contributed by atoms with Crippen LogP contribution in [0.3, 0.4) is 0 Å². The van der Waals surface area contributed by atoms with Gasteiger partial charge in [0, 0.05) is 24.3 Å². The van der Waals surface area contributed by atoms with Crippen LogP contribution < -0.4 is 21.6 Å². The third-order valence-electron chi connectivity index (χ3n) is 6.60. The number of rotatable bonds is 13. The highest BCUT2D eigenvalue weighted by atomic mass is 127. The fourth-order valence-corrected chi connectivity index (χ4v) is 5.02. The summed E-state index contributed by atoms with van der Waals surface area (Å²) < 4.78 is 56.5. The van der Waals surface area contributed by atoms with Gasteiger partial charge in [-0.05, 0) is 118 Å². The van der Waals surface area contributed by atoms with Crippen LogP contribution in [0.2, 0.25) is 0 Å². The Hall–Kier alpha value is -3.56. The highest BCUT2D eigenvalue weighted by Gasteiger charge is 2.20. The summed E-state index contributed by atoms with van der Waals surface area (Å²) in [5.41, 5.74) is 5.63. The Kier molecular flexibility index (Phi) is 15.7. The van der Waals surface area contributed by atoms with Crippen molar-refractivity contribution in [2.24, 2.45) is 5.41 Å². The van der Waals surface area contributed by atoms with E-state index in [4.69, 9.17) is 14.8 Å². The number of aryl methyl sites for hydroxylation is 1. The number of anilines is 4. The number of carbonyl (C=O) groups excluding carboxylic acids is 2. The van der Waals surface area contributed by atoms with Crippen molar-refractivity contribution in [3.63, 3.8) is 0 Å². The molecule has 0 aromatic heterocycles. The molecule has 50 heavy (non-hydrogen) atoms. The number of nitrogens with one attached hydrogen (secondary N) is 4. The third-order valence-corrected chi connectivity index (χ3v) is 7.95. The number of hydrogen-bond acceptors (Lipinski definition) is 8. The van der Waals surface area contributed by atoms with Gasteiger partial charge in [-0.3, -0.25) is 19.3 Å². The lowest BCUT2D eigenvalue weighted by molar-refractivity contribution is -0.0197. The largest absolute Gasteiger partial charge is 0.396 e. The van der Waals surface area contributed by atoms with E-state index in [-0.39, 0.29) is 54.6 Å². The van der Waals surface area contributed by atoms with Crippen LogP contribution in [-0.4, -0.2) is 48.5 Å². The van der Waals surface area contributed by atoms with E-state index >= 15 is 0 Å². The number of benzene rings is 4. The average Bonchev–Trinajstić information content (AvgIpc) is 3.05. The topological polar surface area (TPSA) is 141 Å². The van der Waals surface area contributed by atoms with Gasteiger partial charge in [0.2, 0.25) is 0 Å². The molecule has 16 heteroatoms. The van der Waals surface area contributed by atoms with E-state index in [2.05, 4.69) is 44.2 Å². The number of amides is 2. The zero-order valence-electron chi connectivity index (χ0n) is 27.0. The molecule has 2 amide bonds. The Morgan fingerprint density at radius 2 is 1.28 bits per heavy atom. The van der Waals surface area contributed by atoms with Crippen LogP contribution in [-0.2, 0) is 9.68 Å². The van der Waals surface area contributed by atoms with Crippen molar-refractivity contribution in [3.05, 3.63) is 114 Å². The summed E-state index contributed by atoms with van der Waals surface area (Å²) in [7, 11) is 0. The molecule has 0 aliphatic rings. The molecule has 0 fully saturated rings. The minimum absolute atomic E-state index is 0.0882. The van der Waals surface area contributed by atoms with E-state index < -0.39 is 40.5 Å². The fourth-order valence-electron chi connectivity index (χ4n) is 3.92. The first-order chi connectivity index (χ1) is 23.6. The number of carbonyl (C=O) groups is 2. The maximum absolute atomic E-state index is 14.0. The van der Waals surface area contributed by atoms with Gasteiger partial charge in [0.25, 0.3) is 11.8 Å². The van der Waals surface area contributed by atoms with Gasteiger partial charge in [0.05, 0.1) is 54.6 Å². The van der Waals surface area contributed by atoms with Crippen molar-refractivity contribution in [2.45, 2.75) is 20.8 Å². The molecule has 0 spiro atoms. The number of aliphatic hydroxyl groups is 2. The zero-order chi connectivity index (χ0) is 37.0. The highest BCUT2D eigenvalue weighted by Crippen LogP contribution is 2.28. The normalized spacial score (nSPS) is 10.9. The lowest BCUT2D eigenvalue weighted by Gasteiger charge is -2.21. The van der Waals surface area contributed by atoms with Crippen LogP contribution in [0.15, 0.2) is 66.7 Å². The van der Waals surface area contributed by atoms with Crippen molar-refractivity contribution < 1.29 is 47.0 Å². The molecule has 6 N–H and O–H groups in total. The third kappa shape index (κ3) is 12.3. The molecule has 0 saturated carbocycles. The van der Waals surface area contributed by atoms with Crippen LogP contribution in [0, 0.1) is 42.7 Å². The second-order valence-corrected chi connectivity index (χ2v) is 13.9. The SMILES string of the molecule is CC(C)(CO)CONC(=O)c1ccc(F)cc1Nc1ccc(I)cc1F.Cc1cc(I)ccc1Nc1cc(F)c(F)cc1C(=O)NOCCO. The standard InChI is InChI=1S/C18H19F2IN2O3.C16H15F2IN2O3/c1-18(2,9-24)10-26-23-17(25)13-5-3-11(19)7-16(13)22-15-6-4-12(21)8-14(15)20;1-9-6-10(19)2-3-14(9)20-15-8-13(18)12(17)7-11(15)16(23)21-24-5-4-22/h3-8,22,24H,9-10H2,1-2H3,(H,23,25);2-3,6-8,20,22H,4-5H2,1H3,(H,21,23). The first-order valence-corrected chi connectivity index (χ1v) is 16.9. The first kappa shape index (κ1) is 40.9. The van der Waals surface area contributed by atoms with Crippen LogP contribution >= 0.6 is 45.2 Å². The number of hydroxylamine groups is 2. The minimum Gasteiger partial charge on any atom is -0.396 e. The van der Waals surface area contributed by atoms with Crippen LogP contribution in [0.4, 0.5) is 40.3 Å². The maximum Gasteiger partial charge on any atom is 0.277 e. The van der Waals surface area contributed by atoms with E-state index in [1.165, 1.54) is 18.2 Å². The minimum atomic E-state index is -1.15. The van der Waals surface area contributed by atoms with Gasteiger partial charge in [-0.25, -0.2) is 28.5 Å². The van der Waals surface area contributed by atoms with E-state index in [0.29, 0.717) is 9.26 Å². The number of halogens is 6. The summed E-state index contributed by atoms with van der Waals surface area (Å²) in [6, 6.07) is 15.3.